The molecule has 2 aliphatic rings. The van der Waals surface area contributed by atoms with Crippen LogP contribution >= 0.6 is 0 Å². The van der Waals surface area contributed by atoms with Crippen molar-refractivity contribution in [1.82, 2.24) is 19.6 Å². The lowest BCUT2D eigenvalue weighted by atomic mass is 10.0. The van der Waals surface area contributed by atoms with Crippen LogP contribution in [-0.4, -0.2) is 38.7 Å². The molecule has 1 N–H and O–H groups in total. The lowest BCUT2D eigenvalue weighted by Gasteiger charge is -2.28. The number of nitrogens with one attached hydrogen (secondary N) is 1. The van der Waals surface area contributed by atoms with Gasteiger partial charge >= 0.3 is 0 Å². The van der Waals surface area contributed by atoms with Gasteiger partial charge in [0.1, 0.15) is 17.3 Å². The number of hydrogen-bond acceptors (Lipinski definition) is 5. The van der Waals surface area contributed by atoms with Gasteiger partial charge in [0.2, 0.25) is 5.95 Å². The van der Waals surface area contributed by atoms with Crippen molar-refractivity contribution in [2.24, 2.45) is 0 Å². The minimum absolute atomic E-state index is 0.256. The summed E-state index contributed by atoms with van der Waals surface area (Å²) in [6.45, 7) is 2.06. The maximum atomic E-state index is 13.7. The van der Waals surface area contributed by atoms with E-state index in [1.807, 2.05) is 16.8 Å². The molecule has 1 aliphatic heterocycles. The lowest BCUT2D eigenvalue weighted by molar-refractivity contribution is 0.569. The Balaban J connectivity index is 1.50. The molecule has 1 aromatic carbocycles. The molecule has 0 radical (unpaired) electrons. The van der Waals surface area contributed by atoms with E-state index in [-0.39, 0.29) is 5.82 Å². The first-order valence-corrected chi connectivity index (χ1v) is 12.4. The lowest BCUT2D eigenvalue weighted by Crippen LogP contribution is -2.31. The average molecular weight is 457 g/mol. The quantitative estimate of drug-likeness (QED) is 0.403. The first-order valence-electron chi connectivity index (χ1n) is 12.4. The van der Waals surface area contributed by atoms with E-state index in [9.17, 15) is 4.39 Å². The molecule has 0 bridgehead atoms. The van der Waals surface area contributed by atoms with Gasteiger partial charge in [0, 0.05) is 30.9 Å². The molecule has 7 heteroatoms. The largest absolute Gasteiger partial charge is 0.357 e. The second-order valence-electron chi connectivity index (χ2n) is 9.35. The summed E-state index contributed by atoms with van der Waals surface area (Å²) in [7, 11) is 0. The van der Waals surface area contributed by atoms with Crippen LogP contribution in [0.5, 0.6) is 0 Å². The molecule has 4 heterocycles. The molecular weight excluding hydrogens is 427 g/mol. The molecule has 1 saturated carbocycles. The highest BCUT2D eigenvalue weighted by Crippen LogP contribution is 2.37. The maximum Gasteiger partial charge on any atom is 0.223 e. The van der Waals surface area contributed by atoms with Gasteiger partial charge < -0.3 is 10.2 Å². The molecule has 3 aromatic heterocycles. The van der Waals surface area contributed by atoms with Crippen molar-refractivity contribution >= 4 is 17.3 Å². The van der Waals surface area contributed by atoms with Crippen LogP contribution < -0.4 is 10.2 Å². The topological polar surface area (TPSA) is 58.4 Å². The third-order valence-corrected chi connectivity index (χ3v) is 7.04. The summed E-state index contributed by atoms with van der Waals surface area (Å²) in [5.41, 5.74) is 4.43. The molecule has 0 amide bonds. The minimum Gasteiger partial charge on any atom is -0.357 e. The van der Waals surface area contributed by atoms with Crippen LogP contribution in [0.15, 0.2) is 54.7 Å². The fourth-order valence-corrected chi connectivity index (χ4v) is 5.30. The first kappa shape index (κ1) is 21.1. The van der Waals surface area contributed by atoms with Gasteiger partial charge in [-0.2, -0.15) is 5.10 Å². The van der Waals surface area contributed by atoms with Crippen molar-refractivity contribution in [2.45, 2.75) is 51.0 Å². The molecular formula is C27H29FN6. The highest BCUT2D eigenvalue weighted by Gasteiger charge is 2.23. The van der Waals surface area contributed by atoms with Crippen LogP contribution in [0.2, 0.25) is 0 Å². The summed E-state index contributed by atoms with van der Waals surface area (Å²) in [5.74, 6) is 1.49. The fraction of sp³-hybridized carbons (Fsp3) is 0.370. The molecule has 6 rings (SSSR count). The summed E-state index contributed by atoms with van der Waals surface area (Å²) in [6, 6.07) is 15.3. The van der Waals surface area contributed by atoms with E-state index in [4.69, 9.17) is 10.1 Å². The number of benzene rings is 1. The number of nitrogens with zero attached hydrogens (tertiary/aromatic N) is 5. The third-order valence-electron chi connectivity index (χ3n) is 7.04. The Hall–Kier alpha value is -3.48. The molecule has 2 fully saturated rings. The third kappa shape index (κ3) is 4.00. The fourth-order valence-electron chi connectivity index (χ4n) is 5.30. The number of fused-ring (bicyclic) bond motifs is 1. The van der Waals surface area contributed by atoms with E-state index in [1.54, 1.807) is 12.1 Å². The van der Waals surface area contributed by atoms with Gasteiger partial charge in [0.15, 0.2) is 0 Å². The number of piperidine rings is 1. The van der Waals surface area contributed by atoms with Gasteiger partial charge in [-0.15, -0.1) is 0 Å². The zero-order valence-electron chi connectivity index (χ0n) is 19.3. The van der Waals surface area contributed by atoms with Crippen molar-refractivity contribution in [1.29, 1.82) is 0 Å². The van der Waals surface area contributed by atoms with Gasteiger partial charge in [-0.05, 0) is 74.6 Å². The predicted octanol–water partition coefficient (Wildman–Crippen LogP) is 5.94. The highest BCUT2D eigenvalue weighted by atomic mass is 19.1. The summed E-state index contributed by atoms with van der Waals surface area (Å²) in [6.07, 6.45) is 10.3. The molecule has 6 nitrogen and oxygen atoms in total. The maximum absolute atomic E-state index is 13.7. The SMILES string of the molecule is Fc1ccc(-c2nn3c(N4CCCCC4)cccc3c2-c2ccnc(NC3CCCC3)n2)cc1. The van der Waals surface area contributed by atoms with E-state index in [0.29, 0.717) is 12.0 Å². The predicted molar refractivity (Wildman–Crippen MR) is 134 cm³/mol. The number of anilines is 2. The van der Waals surface area contributed by atoms with Gasteiger partial charge in [0.25, 0.3) is 0 Å². The molecule has 174 valence electrons. The number of rotatable bonds is 5. The molecule has 1 aliphatic carbocycles. The van der Waals surface area contributed by atoms with Crippen LogP contribution in [0.1, 0.15) is 44.9 Å². The van der Waals surface area contributed by atoms with E-state index >= 15 is 0 Å². The van der Waals surface area contributed by atoms with Crippen LogP contribution in [0.25, 0.3) is 28.0 Å². The Morgan fingerprint density at radius 2 is 1.68 bits per heavy atom. The van der Waals surface area contributed by atoms with Crippen molar-refractivity contribution in [3.8, 4) is 22.5 Å². The molecule has 4 aromatic rings. The average Bonchev–Trinajstić information content (AvgIpc) is 3.53. The van der Waals surface area contributed by atoms with Crippen LogP contribution in [0, 0.1) is 5.82 Å². The van der Waals surface area contributed by atoms with Crippen LogP contribution in [-0.2, 0) is 0 Å². The highest BCUT2D eigenvalue weighted by molar-refractivity contribution is 5.91. The minimum atomic E-state index is -0.256. The Labute approximate surface area is 198 Å². The summed E-state index contributed by atoms with van der Waals surface area (Å²) in [5, 5.41) is 8.58. The number of aromatic nitrogens is 4. The van der Waals surface area contributed by atoms with Crippen LogP contribution in [0.4, 0.5) is 16.2 Å². The van der Waals surface area contributed by atoms with Crippen LogP contribution in [0.3, 0.4) is 0 Å². The Morgan fingerprint density at radius 1 is 0.882 bits per heavy atom. The standard InChI is InChI=1S/C27H29FN6/c28-20-13-11-19(12-14-20)26-25(22-15-16-29-27(31-22)30-21-7-2-3-8-21)23-9-6-10-24(34(23)32-26)33-17-4-1-5-18-33/h6,9-16,21H,1-5,7-8,17-18H2,(H,29,30,31). The zero-order valence-corrected chi connectivity index (χ0v) is 19.3. The van der Waals surface area contributed by atoms with Gasteiger partial charge in [-0.25, -0.2) is 18.9 Å². The summed E-state index contributed by atoms with van der Waals surface area (Å²) in [4.78, 5) is 11.8. The smallest absolute Gasteiger partial charge is 0.223 e. The zero-order chi connectivity index (χ0) is 22.9. The van der Waals surface area contributed by atoms with E-state index in [1.165, 1.54) is 44.2 Å². The molecule has 0 spiro atoms. The molecule has 34 heavy (non-hydrogen) atoms. The second-order valence-corrected chi connectivity index (χ2v) is 9.35. The van der Waals surface area contributed by atoms with Crippen molar-refractivity contribution in [3.05, 3.63) is 60.5 Å². The number of halogens is 1. The van der Waals surface area contributed by atoms with Gasteiger partial charge in [0.05, 0.1) is 16.8 Å². The normalized spacial score (nSPS) is 16.9. The Morgan fingerprint density at radius 3 is 2.47 bits per heavy atom. The molecule has 0 unspecified atom stereocenters. The first-order chi connectivity index (χ1) is 16.8. The van der Waals surface area contributed by atoms with E-state index in [2.05, 4.69) is 33.4 Å². The second kappa shape index (κ2) is 9.05. The molecule has 0 atom stereocenters. The van der Waals surface area contributed by atoms with Crippen molar-refractivity contribution in [2.75, 3.05) is 23.3 Å². The number of pyridine rings is 1. The Bertz CT molecular complexity index is 1290. The number of hydrogen-bond donors (Lipinski definition) is 1. The van der Waals surface area contributed by atoms with Gasteiger partial charge in [-0.1, -0.05) is 18.9 Å². The van der Waals surface area contributed by atoms with Crippen molar-refractivity contribution < 1.29 is 4.39 Å². The van der Waals surface area contributed by atoms with E-state index < -0.39 is 0 Å². The Kier molecular flexibility index (Phi) is 5.61. The van der Waals surface area contributed by atoms with Gasteiger partial charge in [-0.3, -0.25) is 0 Å². The molecule has 1 saturated heterocycles. The van der Waals surface area contributed by atoms with Crippen molar-refractivity contribution in [3.63, 3.8) is 0 Å². The summed E-state index contributed by atoms with van der Waals surface area (Å²) >= 11 is 0. The van der Waals surface area contributed by atoms with E-state index in [0.717, 1.165) is 59.8 Å². The monoisotopic (exact) mass is 456 g/mol. The summed E-state index contributed by atoms with van der Waals surface area (Å²) < 4.78 is 15.8.